The van der Waals surface area contributed by atoms with Crippen LogP contribution >= 0.6 is 0 Å². The van der Waals surface area contributed by atoms with Gasteiger partial charge in [0.1, 0.15) is 5.75 Å². The van der Waals surface area contributed by atoms with Gasteiger partial charge in [-0.25, -0.2) is 0 Å². The molecule has 46 heavy (non-hydrogen) atoms. The smallest absolute Gasteiger partial charge is 0.224 e. The van der Waals surface area contributed by atoms with E-state index in [4.69, 9.17) is 19.9 Å². The average Bonchev–Trinajstić information content (AvgIpc) is 3.48. The van der Waals surface area contributed by atoms with Gasteiger partial charge in [0.25, 0.3) is 0 Å². The molecule has 256 valence electrons. The number of anilines is 1. The van der Waals surface area contributed by atoms with E-state index in [-0.39, 0.29) is 48.5 Å². The lowest BCUT2D eigenvalue weighted by Crippen LogP contribution is -2.44. The van der Waals surface area contributed by atoms with Gasteiger partial charge < -0.3 is 35.7 Å². The number of methoxy groups -OCH3 is 2. The standard InChI is InChI=1S/C37H57N3O6/c1-24(2)29(21-36(42)39-32-19-27-14-10-15-28(27)20-35(32)46-17-11-16-44-5)18-31(38)34(41)22-30(25(3)4)37(43)40-33(23-45-6)26-12-8-7-9-13-26/h7-9,12-13,19-20,24-25,29-31,33-34,41H,10-11,14-18,21-23,38H2,1-6H3,(H,39,42)(H,40,43)/t29-,30+,31+,33-,34+/m1/s1. The van der Waals surface area contributed by atoms with E-state index in [0.29, 0.717) is 37.7 Å². The quantitative estimate of drug-likeness (QED) is 0.142. The molecule has 0 fully saturated rings. The molecule has 0 radical (unpaired) electrons. The molecule has 0 unspecified atom stereocenters. The van der Waals surface area contributed by atoms with Crippen LogP contribution in [0.5, 0.6) is 5.75 Å². The molecule has 0 saturated heterocycles. The number of carbonyl (C=O) groups excluding carboxylic acids is 2. The van der Waals surface area contributed by atoms with Crippen LogP contribution in [0.15, 0.2) is 42.5 Å². The number of aliphatic hydroxyl groups is 1. The molecule has 0 heterocycles. The lowest BCUT2D eigenvalue weighted by atomic mass is 9.81. The van der Waals surface area contributed by atoms with Crippen molar-refractivity contribution in [3.63, 3.8) is 0 Å². The number of aryl methyl sites for hydroxylation is 2. The van der Waals surface area contributed by atoms with Crippen molar-refractivity contribution in [3.8, 4) is 5.75 Å². The van der Waals surface area contributed by atoms with Crippen LogP contribution < -0.4 is 21.1 Å². The summed E-state index contributed by atoms with van der Waals surface area (Å²) in [6.45, 7) is 9.55. The Balaban J connectivity index is 1.62. The summed E-state index contributed by atoms with van der Waals surface area (Å²) in [6.07, 6.45) is 3.94. The number of rotatable bonds is 20. The normalized spacial score (nSPS) is 16.0. The van der Waals surface area contributed by atoms with Crippen LogP contribution in [0.2, 0.25) is 0 Å². The molecule has 0 aromatic heterocycles. The van der Waals surface area contributed by atoms with Gasteiger partial charge in [-0.3, -0.25) is 9.59 Å². The van der Waals surface area contributed by atoms with E-state index in [0.717, 1.165) is 31.2 Å². The predicted molar refractivity (Wildman–Crippen MR) is 183 cm³/mol. The zero-order chi connectivity index (χ0) is 33.6. The fourth-order valence-corrected chi connectivity index (χ4v) is 6.21. The van der Waals surface area contributed by atoms with Crippen molar-refractivity contribution in [2.24, 2.45) is 29.4 Å². The SMILES string of the molecule is COCCCOc1cc2c(cc1NC(=O)C[C@@H](C[C@H](N)[C@@H](O)C[C@H](C(=O)N[C@H](COC)c1ccccc1)C(C)C)C(C)C)CCC2. The molecule has 1 aliphatic rings. The van der Waals surface area contributed by atoms with Gasteiger partial charge in [-0.2, -0.15) is 0 Å². The van der Waals surface area contributed by atoms with Crippen molar-refractivity contribution in [2.75, 3.05) is 39.4 Å². The van der Waals surface area contributed by atoms with E-state index in [1.54, 1.807) is 14.2 Å². The Morgan fingerprint density at radius 3 is 2.26 bits per heavy atom. The number of amides is 2. The average molecular weight is 640 g/mol. The maximum atomic E-state index is 13.5. The van der Waals surface area contributed by atoms with Crippen molar-refractivity contribution in [2.45, 2.75) is 90.8 Å². The molecule has 0 bridgehead atoms. The minimum atomic E-state index is -0.899. The molecule has 0 saturated carbocycles. The zero-order valence-corrected chi connectivity index (χ0v) is 28.7. The predicted octanol–water partition coefficient (Wildman–Crippen LogP) is 5.44. The fraction of sp³-hybridized carbons (Fsp3) is 0.622. The number of nitrogens with two attached hydrogens (primary N) is 1. The Bertz CT molecular complexity index is 1220. The maximum absolute atomic E-state index is 13.5. The van der Waals surface area contributed by atoms with Crippen LogP contribution in [0.3, 0.4) is 0 Å². The van der Waals surface area contributed by atoms with Gasteiger partial charge in [-0.1, -0.05) is 58.0 Å². The first-order chi connectivity index (χ1) is 22.0. The van der Waals surface area contributed by atoms with Crippen LogP contribution in [0.4, 0.5) is 5.69 Å². The van der Waals surface area contributed by atoms with Gasteiger partial charge in [-0.05, 0) is 78.7 Å². The molecule has 1 aliphatic carbocycles. The molecule has 0 aliphatic heterocycles. The van der Waals surface area contributed by atoms with E-state index in [1.807, 2.05) is 44.2 Å². The van der Waals surface area contributed by atoms with Crippen molar-refractivity contribution in [3.05, 3.63) is 59.2 Å². The number of carbonyl (C=O) groups is 2. The van der Waals surface area contributed by atoms with Gasteiger partial charge >= 0.3 is 0 Å². The van der Waals surface area contributed by atoms with E-state index in [2.05, 4.69) is 36.6 Å². The number of ether oxygens (including phenoxy) is 3. The summed E-state index contributed by atoms with van der Waals surface area (Å²) in [5.74, 6) is 0.111. The van der Waals surface area contributed by atoms with E-state index in [1.165, 1.54) is 11.1 Å². The topological polar surface area (TPSA) is 132 Å². The summed E-state index contributed by atoms with van der Waals surface area (Å²) < 4.78 is 16.6. The van der Waals surface area contributed by atoms with E-state index in [9.17, 15) is 14.7 Å². The second-order valence-electron chi connectivity index (χ2n) is 13.4. The van der Waals surface area contributed by atoms with Gasteiger partial charge in [-0.15, -0.1) is 0 Å². The maximum Gasteiger partial charge on any atom is 0.224 e. The van der Waals surface area contributed by atoms with Gasteiger partial charge in [0.2, 0.25) is 11.8 Å². The molecule has 5 N–H and O–H groups in total. The van der Waals surface area contributed by atoms with Crippen molar-refractivity contribution in [1.29, 1.82) is 0 Å². The third kappa shape index (κ3) is 11.4. The summed E-state index contributed by atoms with van der Waals surface area (Å²) in [5, 5.41) is 17.5. The Labute approximate surface area is 276 Å². The first-order valence-corrected chi connectivity index (χ1v) is 16.9. The monoisotopic (exact) mass is 639 g/mol. The minimum absolute atomic E-state index is 0.00859. The van der Waals surface area contributed by atoms with Crippen molar-refractivity contribution >= 4 is 17.5 Å². The molecule has 2 amide bonds. The Morgan fingerprint density at radius 2 is 1.63 bits per heavy atom. The van der Waals surface area contributed by atoms with Crippen molar-refractivity contribution < 1.29 is 28.9 Å². The number of aliphatic hydroxyl groups excluding tert-OH is 1. The molecule has 0 spiro atoms. The van der Waals surface area contributed by atoms with Crippen molar-refractivity contribution in [1.82, 2.24) is 5.32 Å². The number of hydrogen-bond donors (Lipinski definition) is 4. The first kappa shape index (κ1) is 37.5. The molecule has 2 aromatic carbocycles. The highest BCUT2D eigenvalue weighted by atomic mass is 16.5. The summed E-state index contributed by atoms with van der Waals surface area (Å²) in [5.41, 5.74) is 10.8. The van der Waals surface area contributed by atoms with Crippen LogP contribution in [0, 0.1) is 23.7 Å². The number of fused-ring (bicyclic) bond motifs is 1. The largest absolute Gasteiger partial charge is 0.491 e. The Kier molecular flexibility index (Phi) is 15.5. The van der Waals surface area contributed by atoms with Crippen LogP contribution in [-0.4, -0.2) is 63.1 Å². The Hall–Kier alpha value is -2.98. The molecule has 3 rings (SSSR count). The summed E-state index contributed by atoms with van der Waals surface area (Å²) in [7, 11) is 3.28. The summed E-state index contributed by atoms with van der Waals surface area (Å²) in [6, 6.07) is 13.0. The highest BCUT2D eigenvalue weighted by Crippen LogP contribution is 2.34. The zero-order valence-electron chi connectivity index (χ0n) is 28.7. The van der Waals surface area contributed by atoms with E-state index < -0.39 is 18.1 Å². The Morgan fingerprint density at radius 1 is 0.935 bits per heavy atom. The molecule has 2 aromatic rings. The first-order valence-electron chi connectivity index (χ1n) is 16.9. The lowest BCUT2D eigenvalue weighted by molar-refractivity contribution is -0.128. The summed E-state index contributed by atoms with van der Waals surface area (Å²) >= 11 is 0. The third-order valence-electron chi connectivity index (χ3n) is 9.17. The third-order valence-corrected chi connectivity index (χ3v) is 9.17. The molecule has 9 nitrogen and oxygen atoms in total. The molecule has 5 atom stereocenters. The minimum Gasteiger partial charge on any atom is -0.491 e. The van der Waals surface area contributed by atoms with Gasteiger partial charge in [0.05, 0.1) is 31.0 Å². The van der Waals surface area contributed by atoms with Crippen LogP contribution in [-0.2, 0) is 31.9 Å². The molecular formula is C37H57N3O6. The number of hydrogen-bond acceptors (Lipinski definition) is 7. The number of nitrogens with one attached hydrogen (secondary N) is 2. The fourth-order valence-electron chi connectivity index (χ4n) is 6.21. The van der Waals surface area contributed by atoms with Crippen LogP contribution in [0.25, 0.3) is 0 Å². The van der Waals surface area contributed by atoms with Gasteiger partial charge in [0, 0.05) is 45.6 Å². The molecular weight excluding hydrogens is 582 g/mol. The molecule has 9 heteroatoms. The van der Waals surface area contributed by atoms with E-state index >= 15 is 0 Å². The lowest BCUT2D eigenvalue weighted by Gasteiger charge is -2.30. The highest BCUT2D eigenvalue weighted by Gasteiger charge is 2.31. The number of benzene rings is 2. The van der Waals surface area contributed by atoms with Crippen LogP contribution in [0.1, 0.15) is 82.5 Å². The van der Waals surface area contributed by atoms with Gasteiger partial charge in [0.15, 0.2) is 0 Å². The second-order valence-corrected chi connectivity index (χ2v) is 13.4. The second kappa shape index (κ2) is 19.0. The highest BCUT2D eigenvalue weighted by molar-refractivity contribution is 5.92. The summed E-state index contributed by atoms with van der Waals surface area (Å²) in [4.78, 5) is 26.8.